The van der Waals surface area contributed by atoms with Crippen molar-refractivity contribution >= 4 is 33.3 Å². The fourth-order valence-corrected chi connectivity index (χ4v) is 2.28. The molecule has 0 bridgehead atoms. The van der Waals surface area contributed by atoms with Gasteiger partial charge in [0.05, 0.1) is 12.9 Å². The van der Waals surface area contributed by atoms with Crippen LogP contribution in [0.5, 0.6) is 0 Å². The van der Waals surface area contributed by atoms with Crippen LogP contribution in [0.25, 0.3) is 0 Å². The molecule has 0 aliphatic rings. The van der Waals surface area contributed by atoms with E-state index in [1.165, 1.54) is 0 Å². The molecule has 1 aromatic rings. The SMILES string of the molecule is Cc1nc(Cl)c(CCCOS(C)(=O)=O)c(Cl)n1. The van der Waals surface area contributed by atoms with Crippen LogP contribution in [0.15, 0.2) is 0 Å². The highest BCUT2D eigenvalue weighted by Gasteiger charge is 2.10. The maximum absolute atomic E-state index is 10.7. The van der Waals surface area contributed by atoms with Crippen LogP contribution in [0.4, 0.5) is 0 Å². The second kappa shape index (κ2) is 5.95. The molecule has 0 aliphatic heterocycles. The molecule has 0 atom stereocenters. The van der Waals surface area contributed by atoms with E-state index in [4.69, 9.17) is 23.2 Å². The predicted molar refractivity (Wildman–Crippen MR) is 65.9 cm³/mol. The summed E-state index contributed by atoms with van der Waals surface area (Å²) in [5.74, 6) is 0.496. The lowest BCUT2D eigenvalue weighted by Gasteiger charge is -2.06. The molecule has 0 saturated carbocycles. The first kappa shape index (κ1) is 14.6. The summed E-state index contributed by atoms with van der Waals surface area (Å²) in [5.41, 5.74) is 0.607. The number of nitrogens with zero attached hydrogens (tertiary/aromatic N) is 2. The smallest absolute Gasteiger partial charge is 0.264 e. The molecule has 0 fully saturated rings. The Kier molecular flexibility index (Phi) is 5.12. The van der Waals surface area contributed by atoms with E-state index in [1.807, 2.05) is 0 Å². The Labute approximate surface area is 110 Å². The highest BCUT2D eigenvalue weighted by atomic mass is 35.5. The average Bonchev–Trinajstić information content (AvgIpc) is 2.13. The highest BCUT2D eigenvalue weighted by molar-refractivity contribution is 7.85. The van der Waals surface area contributed by atoms with Crippen LogP contribution >= 0.6 is 23.2 Å². The Hall–Kier alpha value is -0.430. The zero-order valence-electron chi connectivity index (χ0n) is 9.40. The second-order valence-electron chi connectivity index (χ2n) is 3.46. The molecule has 8 heteroatoms. The van der Waals surface area contributed by atoms with Gasteiger partial charge >= 0.3 is 0 Å². The summed E-state index contributed by atoms with van der Waals surface area (Å²) >= 11 is 11.8. The second-order valence-corrected chi connectivity index (χ2v) is 5.82. The quantitative estimate of drug-likeness (QED) is 0.472. The van der Waals surface area contributed by atoms with E-state index >= 15 is 0 Å². The van der Waals surface area contributed by atoms with E-state index in [0.29, 0.717) is 34.5 Å². The average molecular weight is 299 g/mol. The van der Waals surface area contributed by atoms with Crippen molar-refractivity contribution in [2.24, 2.45) is 0 Å². The van der Waals surface area contributed by atoms with Crippen molar-refractivity contribution in [1.82, 2.24) is 9.97 Å². The number of hydrogen-bond acceptors (Lipinski definition) is 5. The van der Waals surface area contributed by atoms with Gasteiger partial charge in [0.2, 0.25) is 0 Å². The third-order valence-corrected chi connectivity index (χ3v) is 3.11. The summed E-state index contributed by atoms with van der Waals surface area (Å²) < 4.78 is 26.0. The van der Waals surface area contributed by atoms with Gasteiger partial charge in [0.15, 0.2) is 0 Å². The van der Waals surface area contributed by atoms with Gasteiger partial charge in [0.25, 0.3) is 10.1 Å². The summed E-state index contributed by atoms with van der Waals surface area (Å²) in [5, 5.41) is 0.587. The minimum atomic E-state index is -3.40. The normalized spacial score (nSPS) is 11.8. The number of hydrogen-bond donors (Lipinski definition) is 0. The maximum Gasteiger partial charge on any atom is 0.264 e. The zero-order valence-corrected chi connectivity index (χ0v) is 11.7. The van der Waals surface area contributed by atoms with Crippen LogP contribution in [0.2, 0.25) is 10.3 Å². The van der Waals surface area contributed by atoms with Gasteiger partial charge in [-0.3, -0.25) is 4.18 Å². The number of aryl methyl sites for hydroxylation is 1. The Morgan fingerprint density at radius 2 is 1.76 bits per heavy atom. The first-order valence-electron chi connectivity index (χ1n) is 4.82. The summed E-state index contributed by atoms with van der Waals surface area (Å²) in [6, 6.07) is 0. The molecule has 1 aromatic heterocycles. The van der Waals surface area contributed by atoms with Crippen molar-refractivity contribution in [2.75, 3.05) is 12.9 Å². The fourth-order valence-electron chi connectivity index (χ4n) is 1.19. The molecule has 0 radical (unpaired) electrons. The predicted octanol–water partition coefficient (Wildman–Crippen LogP) is 2.00. The highest BCUT2D eigenvalue weighted by Crippen LogP contribution is 2.22. The Balaban J connectivity index is 2.58. The molecule has 96 valence electrons. The standard InChI is InChI=1S/C9H12Cl2N2O3S/c1-6-12-8(10)7(9(11)13-6)4-3-5-16-17(2,14)15/h3-5H2,1-2H3. The van der Waals surface area contributed by atoms with Gasteiger partial charge in [-0.25, -0.2) is 9.97 Å². The first-order valence-corrected chi connectivity index (χ1v) is 7.40. The Bertz CT molecular complexity index is 482. The summed E-state index contributed by atoms with van der Waals surface area (Å²) in [6.07, 6.45) is 1.94. The Morgan fingerprint density at radius 1 is 1.24 bits per heavy atom. The van der Waals surface area contributed by atoms with E-state index < -0.39 is 10.1 Å². The lowest BCUT2D eigenvalue weighted by molar-refractivity contribution is 0.316. The van der Waals surface area contributed by atoms with Gasteiger partial charge in [0.1, 0.15) is 16.1 Å². The maximum atomic E-state index is 10.7. The van der Waals surface area contributed by atoms with E-state index in [2.05, 4.69) is 14.2 Å². The van der Waals surface area contributed by atoms with Gasteiger partial charge in [-0.15, -0.1) is 0 Å². The van der Waals surface area contributed by atoms with Crippen LogP contribution < -0.4 is 0 Å². The van der Waals surface area contributed by atoms with Gasteiger partial charge in [-0.1, -0.05) is 23.2 Å². The summed E-state index contributed by atoms with van der Waals surface area (Å²) in [6.45, 7) is 1.77. The van der Waals surface area contributed by atoms with Crippen molar-refractivity contribution in [3.8, 4) is 0 Å². The van der Waals surface area contributed by atoms with Crippen molar-refractivity contribution in [1.29, 1.82) is 0 Å². The third kappa shape index (κ3) is 5.16. The van der Waals surface area contributed by atoms with Gasteiger partial charge in [-0.2, -0.15) is 8.42 Å². The topological polar surface area (TPSA) is 69.2 Å². The molecule has 0 aliphatic carbocycles. The van der Waals surface area contributed by atoms with Crippen molar-refractivity contribution < 1.29 is 12.6 Å². The molecule has 1 heterocycles. The summed E-state index contributed by atoms with van der Waals surface area (Å²) in [7, 11) is -3.40. The van der Waals surface area contributed by atoms with Crippen LogP contribution in [-0.2, 0) is 20.7 Å². The molecule has 5 nitrogen and oxygen atoms in total. The van der Waals surface area contributed by atoms with Crippen LogP contribution in [0.1, 0.15) is 17.8 Å². The molecule has 0 aromatic carbocycles. The molecule has 0 spiro atoms. The third-order valence-electron chi connectivity index (χ3n) is 1.89. The summed E-state index contributed by atoms with van der Waals surface area (Å²) in [4.78, 5) is 7.95. The zero-order chi connectivity index (χ0) is 13.1. The molecular weight excluding hydrogens is 287 g/mol. The molecule has 0 unspecified atom stereocenters. The lowest BCUT2D eigenvalue weighted by Crippen LogP contribution is -2.06. The Morgan fingerprint density at radius 3 is 2.24 bits per heavy atom. The fraction of sp³-hybridized carbons (Fsp3) is 0.556. The number of halogens is 2. The molecule has 0 saturated heterocycles. The van der Waals surface area contributed by atoms with Crippen LogP contribution in [-0.4, -0.2) is 31.2 Å². The largest absolute Gasteiger partial charge is 0.270 e. The van der Waals surface area contributed by atoms with E-state index in [1.54, 1.807) is 6.92 Å². The van der Waals surface area contributed by atoms with E-state index in [0.717, 1.165) is 6.26 Å². The molecular formula is C9H12Cl2N2O3S. The molecule has 0 amide bonds. The molecule has 0 N–H and O–H groups in total. The van der Waals surface area contributed by atoms with Gasteiger partial charge < -0.3 is 0 Å². The first-order chi connectivity index (χ1) is 7.79. The van der Waals surface area contributed by atoms with Crippen LogP contribution in [0, 0.1) is 6.92 Å². The number of rotatable bonds is 5. The molecule has 17 heavy (non-hydrogen) atoms. The van der Waals surface area contributed by atoms with Crippen molar-refractivity contribution in [3.63, 3.8) is 0 Å². The van der Waals surface area contributed by atoms with E-state index in [9.17, 15) is 8.42 Å². The van der Waals surface area contributed by atoms with E-state index in [-0.39, 0.29) is 6.61 Å². The van der Waals surface area contributed by atoms with Crippen molar-refractivity contribution in [3.05, 3.63) is 21.7 Å². The van der Waals surface area contributed by atoms with Gasteiger partial charge in [-0.05, 0) is 19.8 Å². The monoisotopic (exact) mass is 298 g/mol. The van der Waals surface area contributed by atoms with Crippen molar-refractivity contribution in [2.45, 2.75) is 19.8 Å². The van der Waals surface area contributed by atoms with Gasteiger partial charge in [0, 0.05) is 5.56 Å². The molecule has 1 rings (SSSR count). The lowest BCUT2D eigenvalue weighted by atomic mass is 10.2. The number of aromatic nitrogens is 2. The minimum absolute atomic E-state index is 0.0827. The van der Waals surface area contributed by atoms with Crippen LogP contribution in [0.3, 0.4) is 0 Å². The minimum Gasteiger partial charge on any atom is -0.270 e.